The molecule has 0 spiro atoms. The SMILES string of the molecule is CCCNCC1CCCNC1=O. The van der Waals surface area contributed by atoms with Gasteiger partial charge >= 0.3 is 0 Å². The molecular formula is C9H18N2O. The zero-order valence-corrected chi connectivity index (χ0v) is 7.73. The highest BCUT2D eigenvalue weighted by Crippen LogP contribution is 2.09. The minimum Gasteiger partial charge on any atom is -0.356 e. The molecule has 1 rings (SSSR count). The third kappa shape index (κ3) is 2.81. The van der Waals surface area contributed by atoms with E-state index in [9.17, 15) is 4.79 Å². The lowest BCUT2D eigenvalue weighted by molar-refractivity contribution is -0.126. The number of rotatable bonds is 4. The first-order chi connectivity index (χ1) is 5.84. The maximum atomic E-state index is 11.2. The predicted molar refractivity (Wildman–Crippen MR) is 48.9 cm³/mol. The topological polar surface area (TPSA) is 41.1 Å². The van der Waals surface area contributed by atoms with E-state index >= 15 is 0 Å². The third-order valence-electron chi connectivity index (χ3n) is 2.22. The van der Waals surface area contributed by atoms with Crippen LogP contribution in [0.2, 0.25) is 0 Å². The van der Waals surface area contributed by atoms with Crippen molar-refractivity contribution in [1.29, 1.82) is 0 Å². The maximum absolute atomic E-state index is 11.2. The summed E-state index contributed by atoms with van der Waals surface area (Å²) in [6, 6.07) is 0. The Balaban J connectivity index is 2.16. The molecule has 0 aromatic heterocycles. The van der Waals surface area contributed by atoms with Gasteiger partial charge in [-0.3, -0.25) is 4.79 Å². The van der Waals surface area contributed by atoms with E-state index in [0.717, 1.165) is 38.9 Å². The summed E-state index contributed by atoms with van der Waals surface area (Å²) in [4.78, 5) is 11.2. The summed E-state index contributed by atoms with van der Waals surface area (Å²) in [5, 5.41) is 6.15. The third-order valence-corrected chi connectivity index (χ3v) is 2.22. The molecule has 1 aliphatic rings. The highest BCUT2D eigenvalue weighted by atomic mass is 16.1. The van der Waals surface area contributed by atoms with Crippen molar-refractivity contribution < 1.29 is 4.79 Å². The molecule has 0 aromatic carbocycles. The Morgan fingerprint density at radius 2 is 2.50 bits per heavy atom. The summed E-state index contributed by atoms with van der Waals surface area (Å²) in [7, 11) is 0. The first kappa shape index (κ1) is 9.52. The van der Waals surface area contributed by atoms with E-state index < -0.39 is 0 Å². The van der Waals surface area contributed by atoms with Gasteiger partial charge in [0.2, 0.25) is 5.91 Å². The molecule has 0 aliphatic carbocycles. The van der Waals surface area contributed by atoms with Crippen LogP contribution in [0.25, 0.3) is 0 Å². The molecular weight excluding hydrogens is 152 g/mol. The summed E-state index contributed by atoms with van der Waals surface area (Å²) in [5.41, 5.74) is 0. The fourth-order valence-corrected chi connectivity index (χ4v) is 1.48. The van der Waals surface area contributed by atoms with Crippen molar-refractivity contribution >= 4 is 5.91 Å². The van der Waals surface area contributed by atoms with Crippen LogP contribution >= 0.6 is 0 Å². The zero-order chi connectivity index (χ0) is 8.81. The Hall–Kier alpha value is -0.570. The van der Waals surface area contributed by atoms with Gasteiger partial charge < -0.3 is 10.6 Å². The number of nitrogens with one attached hydrogen (secondary N) is 2. The van der Waals surface area contributed by atoms with E-state index in [1.54, 1.807) is 0 Å². The molecule has 1 saturated heterocycles. The van der Waals surface area contributed by atoms with Crippen LogP contribution in [-0.4, -0.2) is 25.5 Å². The van der Waals surface area contributed by atoms with Crippen LogP contribution in [0.5, 0.6) is 0 Å². The average Bonchev–Trinajstić information content (AvgIpc) is 2.09. The molecule has 70 valence electrons. The van der Waals surface area contributed by atoms with Gasteiger partial charge in [0.05, 0.1) is 5.92 Å². The Morgan fingerprint density at radius 1 is 1.67 bits per heavy atom. The van der Waals surface area contributed by atoms with Crippen LogP contribution in [-0.2, 0) is 4.79 Å². The molecule has 0 aromatic rings. The number of amides is 1. The van der Waals surface area contributed by atoms with Crippen LogP contribution in [0.4, 0.5) is 0 Å². The standard InChI is InChI=1S/C9H18N2O/c1-2-5-10-7-8-4-3-6-11-9(8)12/h8,10H,2-7H2,1H3,(H,11,12). The largest absolute Gasteiger partial charge is 0.356 e. The van der Waals surface area contributed by atoms with Crippen molar-refractivity contribution in [3.8, 4) is 0 Å². The number of carbonyl (C=O) groups excluding carboxylic acids is 1. The van der Waals surface area contributed by atoms with Crippen LogP contribution in [0.1, 0.15) is 26.2 Å². The van der Waals surface area contributed by atoms with Gasteiger partial charge in [0, 0.05) is 13.1 Å². The lowest BCUT2D eigenvalue weighted by Gasteiger charge is -2.21. The summed E-state index contributed by atoms with van der Waals surface area (Å²) >= 11 is 0. The highest BCUT2D eigenvalue weighted by molar-refractivity contribution is 5.79. The second-order valence-electron chi connectivity index (χ2n) is 3.33. The molecule has 0 bridgehead atoms. The van der Waals surface area contributed by atoms with E-state index in [2.05, 4.69) is 17.6 Å². The Morgan fingerprint density at radius 3 is 3.17 bits per heavy atom. The van der Waals surface area contributed by atoms with Gasteiger partial charge in [0.15, 0.2) is 0 Å². The van der Waals surface area contributed by atoms with Crippen LogP contribution in [0.15, 0.2) is 0 Å². The van der Waals surface area contributed by atoms with E-state index in [1.165, 1.54) is 0 Å². The first-order valence-electron chi connectivity index (χ1n) is 4.83. The molecule has 0 radical (unpaired) electrons. The number of piperidine rings is 1. The first-order valence-corrected chi connectivity index (χ1v) is 4.83. The number of carbonyl (C=O) groups is 1. The van der Waals surface area contributed by atoms with E-state index in [1.807, 2.05) is 0 Å². The van der Waals surface area contributed by atoms with Gasteiger partial charge in [-0.25, -0.2) is 0 Å². The fraction of sp³-hybridized carbons (Fsp3) is 0.889. The van der Waals surface area contributed by atoms with E-state index in [-0.39, 0.29) is 11.8 Å². The Kier molecular flexibility index (Phi) is 4.08. The van der Waals surface area contributed by atoms with Gasteiger partial charge in [0.1, 0.15) is 0 Å². The molecule has 2 N–H and O–H groups in total. The summed E-state index contributed by atoms with van der Waals surface area (Å²) < 4.78 is 0. The molecule has 3 heteroatoms. The van der Waals surface area contributed by atoms with E-state index in [4.69, 9.17) is 0 Å². The zero-order valence-electron chi connectivity index (χ0n) is 7.73. The monoisotopic (exact) mass is 170 g/mol. The maximum Gasteiger partial charge on any atom is 0.224 e. The molecule has 1 amide bonds. The second-order valence-corrected chi connectivity index (χ2v) is 3.33. The molecule has 1 aliphatic heterocycles. The van der Waals surface area contributed by atoms with Gasteiger partial charge in [-0.05, 0) is 25.8 Å². The lowest BCUT2D eigenvalue weighted by atomic mass is 9.99. The van der Waals surface area contributed by atoms with Crippen LogP contribution in [0.3, 0.4) is 0 Å². The smallest absolute Gasteiger partial charge is 0.224 e. The van der Waals surface area contributed by atoms with Crippen molar-refractivity contribution in [2.45, 2.75) is 26.2 Å². The molecule has 12 heavy (non-hydrogen) atoms. The van der Waals surface area contributed by atoms with Crippen molar-refractivity contribution in [2.75, 3.05) is 19.6 Å². The summed E-state index contributed by atoms with van der Waals surface area (Å²) in [5.74, 6) is 0.440. The Bertz CT molecular complexity index is 147. The van der Waals surface area contributed by atoms with Crippen molar-refractivity contribution in [2.24, 2.45) is 5.92 Å². The minimum absolute atomic E-state index is 0.213. The van der Waals surface area contributed by atoms with Crippen LogP contribution in [0, 0.1) is 5.92 Å². The predicted octanol–water partition coefficient (Wildman–Crippen LogP) is 0.512. The number of hydrogen-bond acceptors (Lipinski definition) is 2. The van der Waals surface area contributed by atoms with Gasteiger partial charge in [-0.1, -0.05) is 6.92 Å². The van der Waals surface area contributed by atoms with Gasteiger partial charge in [-0.2, -0.15) is 0 Å². The Labute approximate surface area is 73.9 Å². The van der Waals surface area contributed by atoms with Crippen LogP contribution < -0.4 is 10.6 Å². The molecule has 1 atom stereocenters. The van der Waals surface area contributed by atoms with Crippen molar-refractivity contribution in [1.82, 2.24) is 10.6 Å². The molecule has 1 heterocycles. The molecule has 1 unspecified atom stereocenters. The molecule has 3 nitrogen and oxygen atoms in total. The minimum atomic E-state index is 0.213. The van der Waals surface area contributed by atoms with E-state index in [0.29, 0.717) is 0 Å². The molecule has 0 saturated carbocycles. The second kappa shape index (κ2) is 5.14. The van der Waals surface area contributed by atoms with Crippen molar-refractivity contribution in [3.05, 3.63) is 0 Å². The highest BCUT2D eigenvalue weighted by Gasteiger charge is 2.20. The normalized spacial score (nSPS) is 23.8. The fourth-order valence-electron chi connectivity index (χ4n) is 1.48. The average molecular weight is 170 g/mol. The van der Waals surface area contributed by atoms with Gasteiger partial charge in [0.25, 0.3) is 0 Å². The van der Waals surface area contributed by atoms with Gasteiger partial charge in [-0.15, -0.1) is 0 Å². The lowest BCUT2D eigenvalue weighted by Crippen LogP contribution is -2.41. The summed E-state index contributed by atoms with van der Waals surface area (Å²) in [6.45, 7) is 4.86. The number of hydrogen-bond donors (Lipinski definition) is 2. The van der Waals surface area contributed by atoms with Crippen molar-refractivity contribution in [3.63, 3.8) is 0 Å². The summed E-state index contributed by atoms with van der Waals surface area (Å²) in [6.07, 6.45) is 3.31. The molecule has 1 fully saturated rings. The quantitative estimate of drug-likeness (QED) is 0.604.